The summed E-state index contributed by atoms with van der Waals surface area (Å²) in [7, 11) is 0. The summed E-state index contributed by atoms with van der Waals surface area (Å²) >= 11 is 5.35. The number of rotatable bonds is 6. The molecule has 2 aromatic rings. The maximum absolute atomic E-state index is 13.0. The van der Waals surface area contributed by atoms with Crippen LogP contribution in [0.15, 0.2) is 48.5 Å². The Morgan fingerprint density at radius 1 is 1.12 bits per heavy atom. The Bertz CT molecular complexity index is 968. The summed E-state index contributed by atoms with van der Waals surface area (Å²) < 4.78 is 5.69. The van der Waals surface area contributed by atoms with Crippen molar-refractivity contribution in [1.29, 1.82) is 0 Å². The van der Waals surface area contributed by atoms with Gasteiger partial charge < -0.3 is 15.0 Å². The van der Waals surface area contributed by atoms with Gasteiger partial charge in [-0.15, -0.1) is 0 Å². The van der Waals surface area contributed by atoms with Crippen LogP contribution >= 0.6 is 12.2 Å². The second-order valence-corrected chi connectivity index (χ2v) is 9.07. The van der Waals surface area contributed by atoms with E-state index in [1.165, 1.54) is 0 Å². The van der Waals surface area contributed by atoms with E-state index < -0.39 is 0 Å². The number of nitrogens with zero attached hydrogens (tertiary/aromatic N) is 1. The fourth-order valence-corrected chi connectivity index (χ4v) is 3.68. The van der Waals surface area contributed by atoms with Gasteiger partial charge in [-0.25, -0.2) is 0 Å². The van der Waals surface area contributed by atoms with E-state index >= 15 is 0 Å². The molecule has 0 spiro atoms. The summed E-state index contributed by atoms with van der Waals surface area (Å²) in [5, 5.41) is 5.84. The van der Waals surface area contributed by atoms with Crippen LogP contribution in [-0.2, 0) is 0 Å². The SMILES string of the molecule is CC(C)COc1cccc(C(=O)NC(=S)Nc2ccccc2C(=O)N2CCC(C)CC2)c1. The van der Waals surface area contributed by atoms with Crippen LogP contribution in [0.3, 0.4) is 0 Å². The molecule has 2 N–H and O–H groups in total. The number of carbonyl (C=O) groups is 2. The normalized spacial score (nSPS) is 14.2. The zero-order valence-electron chi connectivity index (χ0n) is 18.9. The summed E-state index contributed by atoms with van der Waals surface area (Å²) in [5.74, 6) is 1.30. The molecule has 0 aliphatic carbocycles. The van der Waals surface area contributed by atoms with Crippen LogP contribution in [0.5, 0.6) is 5.75 Å². The number of thiocarbonyl (C=S) groups is 1. The minimum Gasteiger partial charge on any atom is -0.493 e. The third-order valence-corrected chi connectivity index (χ3v) is 5.59. The Labute approximate surface area is 195 Å². The highest BCUT2D eigenvalue weighted by atomic mass is 32.1. The van der Waals surface area contributed by atoms with Crippen LogP contribution < -0.4 is 15.4 Å². The van der Waals surface area contributed by atoms with Crippen LogP contribution in [0.4, 0.5) is 5.69 Å². The van der Waals surface area contributed by atoms with Crippen molar-refractivity contribution >= 4 is 34.8 Å². The molecule has 0 radical (unpaired) electrons. The molecule has 0 unspecified atom stereocenters. The molecule has 0 bridgehead atoms. The lowest BCUT2D eigenvalue weighted by atomic mass is 9.98. The molecule has 3 rings (SSSR count). The van der Waals surface area contributed by atoms with Crippen LogP contribution in [0.25, 0.3) is 0 Å². The van der Waals surface area contributed by atoms with Gasteiger partial charge in [0.1, 0.15) is 5.75 Å². The van der Waals surface area contributed by atoms with Crippen molar-refractivity contribution in [3.63, 3.8) is 0 Å². The van der Waals surface area contributed by atoms with Crippen molar-refractivity contribution in [1.82, 2.24) is 10.2 Å². The molecule has 0 atom stereocenters. The van der Waals surface area contributed by atoms with Crippen LogP contribution in [0.1, 0.15) is 54.3 Å². The van der Waals surface area contributed by atoms with E-state index in [2.05, 4.69) is 31.4 Å². The van der Waals surface area contributed by atoms with Gasteiger partial charge in [0.2, 0.25) is 0 Å². The molecular weight excluding hydrogens is 422 g/mol. The minimum absolute atomic E-state index is 0.0240. The van der Waals surface area contributed by atoms with Crippen LogP contribution in [0.2, 0.25) is 0 Å². The molecule has 2 amide bonds. The van der Waals surface area contributed by atoms with E-state index in [0.29, 0.717) is 41.0 Å². The van der Waals surface area contributed by atoms with Gasteiger partial charge in [0, 0.05) is 18.7 Å². The molecule has 1 aliphatic heterocycles. The van der Waals surface area contributed by atoms with E-state index in [9.17, 15) is 9.59 Å². The van der Waals surface area contributed by atoms with Crippen molar-refractivity contribution in [2.24, 2.45) is 11.8 Å². The van der Waals surface area contributed by atoms with Gasteiger partial charge in [0.25, 0.3) is 11.8 Å². The number of nitrogens with one attached hydrogen (secondary N) is 2. The Balaban J connectivity index is 1.63. The van der Waals surface area contributed by atoms with Crippen LogP contribution in [-0.4, -0.2) is 41.5 Å². The first kappa shape index (κ1) is 23.7. The molecule has 32 heavy (non-hydrogen) atoms. The fourth-order valence-electron chi connectivity index (χ4n) is 3.48. The number of hydrogen-bond acceptors (Lipinski definition) is 4. The number of anilines is 1. The van der Waals surface area contributed by atoms with Crippen molar-refractivity contribution in [3.8, 4) is 5.75 Å². The van der Waals surface area contributed by atoms with Crippen molar-refractivity contribution < 1.29 is 14.3 Å². The largest absolute Gasteiger partial charge is 0.493 e. The lowest BCUT2D eigenvalue weighted by molar-refractivity contribution is 0.0698. The van der Waals surface area contributed by atoms with E-state index in [-0.39, 0.29) is 16.9 Å². The molecule has 1 heterocycles. The van der Waals surface area contributed by atoms with Crippen molar-refractivity contribution in [2.45, 2.75) is 33.6 Å². The van der Waals surface area contributed by atoms with Gasteiger partial charge in [0.05, 0.1) is 17.9 Å². The zero-order valence-corrected chi connectivity index (χ0v) is 19.7. The highest BCUT2D eigenvalue weighted by Crippen LogP contribution is 2.22. The molecule has 2 aromatic carbocycles. The Kier molecular flexibility index (Phi) is 8.22. The third kappa shape index (κ3) is 6.53. The Hall–Kier alpha value is -2.93. The maximum atomic E-state index is 13.0. The molecule has 0 aromatic heterocycles. The second-order valence-electron chi connectivity index (χ2n) is 8.66. The molecule has 170 valence electrons. The van der Waals surface area contributed by atoms with Gasteiger partial charge in [-0.05, 0) is 67.2 Å². The molecule has 1 fully saturated rings. The summed E-state index contributed by atoms with van der Waals surface area (Å²) in [6.45, 7) is 8.43. The molecule has 7 heteroatoms. The number of ether oxygens (including phenoxy) is 1. The molecule has 0 saturated carbocycles. The summed E-state index contributed by atoms with van der Waals surface area (Å²) in [6, 6.07) is 14.2. The summed E-state index contributed by atoms with van der Waals surface area (Å²) in [4.78, 5) is 27.6. The lowest BCUT2D eigenvalue weighted by Crippen LogP contribution is -2.39. The number of likely N-dealkylation sites (tertiary alicyclic amines) is 1. The number of piperidine rings is 1. The van der Waals surface area contributed by atoms with Gasteiger partial charge in [-0.2, -0.15) is 0 Å². The maximum Gasteiger partial charge on any atom is 0.257 e. The van der Waals surface area contributed by atoms with Crippen molar-refractivity contribution in [3.05, 3.63) is 59.7 Å². The number of amides is 2. The average molecular weight is 454 g/mol. The summed E-state index contributed by atoms with van der Waals surface area (Å²) in [5.41, 5.74) is 1.57. The molecular formula is C25H31N3O3S. The van der Waals surface area contributed by atoms with Gasteiger partial charge in [-0.1, -0.05) is 39.0 Å². The molecule has 6 nitrogen and oxygen atoms in total. The van der Waals surface area contributed by atoms with E-state index in [1.807, 2.05) is 23.1 Å². The smallest absolute Gasteiger partial charge is 0.257 e. The quantitative estimate of drug-likeness (QED) is 0.620. The monoisotopic (exact) mass is 453 g/mol. The van der Waals surface area contributed by atoms with Gasteiger partial charge in [0.15, 0.2) is 5.11 Å². The fraction of sp³-hybridized carbons (Fsp3) is 0.400. The number of carbonyl (C=O) groups excluding carboxylic acids is 2. The van der Waals surface area contributed by atoms with Crippen LogP contribution in [0, 0.1) is 11.8 Å². The second kappa shape index (κ2) is 11.1. The predicted octanol–water partition coefficient (Wildman–Crippen LogP) is 4.72. The first-order valence-electron chi connectivity index (χ1n) is 11.1. The highest BCUT2D eigenvalue weighted by molar-refractivity contribution is 7.80. The zero-order chi connectivity index (χ0) is 23.1. The average Bonchev–Trinajstić information content (AvgIpc) is 2.78. The number of para-hydroxylation sites is 1. The van der Waals surface area contributed by atoms with E-state index in [1.54, 1.807) is 30.3 Å². The Morgan fingerprint density at radius 3 is 2.56 bits per heavy atom. The van der Waals surface area contributed by atoms with Crippen molar-refractivity contribution in [2.75, 3.05) is 25.0 Å². The molecule has 1 aliphatic rings. The minimum atomic E-state index is -0.341. The van der Waals surface area contributed by atoms with E-state index in [0.717, 1.165) is 25.9 Å². The van der Waals surface area contributed by atoms with Gasteiger partial charge in [-0.3, -0.25) is 14.9 Å². The lowest BCUT2D eigenvalue weighted by Gasteiger charge is -2.30. The Morgan fingerprint density at radius 2 is 1.84 bits per heavy atom. The standard InChI is InChI=1S/C25H31N3O3S/c1-17(2)16-31-20-8-6-7-19(15-20)23(29)27-25(32)26-22-10-5-4-9-21(22)24(30)28-13-11-18(3)12-14-28/h4-10,15,17-18H,11-14,16H2,1-3H3,(H2,26,27,29,32). The molecule has 1 saturated heterocycles. The predicted molar refractivity (Wildman–Crippen MR) is 131 cm³/mol. The number of hydrogen-bond donors (Lipinski definition) is 2. The number of benzene rings is 2. The third-order valence-electron chi connectivity index (χ3n) is 5.38. The van der Waals surface area contributed by atoms with E-state index in [4.69, 9.17) is 17.0 Å². The summed E-state index contributed by atoms with van der Waals surface area (Å²) in [6.07, 6.45) is 2.02. The highest BCUT2D eigenvalue weighted by Gasteiger charge is 2.23. The topological polar surface area (TPSA) is 70.7 Å². The van der Waals surface area contributed by atoms with Gasteiger partial charge >= 0.3 is 0 Å². The first-order valence-corrected chi connectivity index (χ1v) is 11.5. The first-order chi connectivity index (χ1) is 15.3.